The molecule has 1 N–H and O–H groups in total. The van der Waals surface area contributed by atoms with Crippen molar-refractivity contribution in [2.75, 3.05) is 30.1 Å². The van der Waals surface area contributed by atoms with Gasteiger partial charge in [-0.3, -0.25) is 28.8 Å². The van der Waals surface area contributed by atoms with E-state index in [1.807, 2.05) is 0 Å². The fraction of sp³-hybridized carbons (Fsp3) is 0.250. The molecule has 1 aliphatic rings. The van der Waals surface area contributed by atoms with Gasteiger partial charge < -0.3 is 10.1 Å². The van der Waals surface area contributed by atoms with Gasteiger partial charge in [0, 0.05) is 18.6 Å². The van der Waals surface area contributed by atoms with E-state index in [2.05, 4.69) is 10.3 Å². The molecular weight excluding hydrogens is 496 g/mol. The number of benzene rings is 2. The van der Waals surface area contributed by atoms with Gasteiger partial charge in [0.25, 0.3) is 5.56 Å². The minimum atomic E-state index is -0.790. The van der Waals surface area contributed by atoms with Gasteiger partial charge in [-0.2, -0.15) is 0 Å². The first kappa shape index (κ1) is 25.3. The maximum absolute atomic E-state index is 13.8. The van der Waals surface area contributed by atoms with Crippen LogP contribution in [0.25, 0.3) is 0 Å². The summed E-state index contributed by atoms with van der Waals surface area (Å²) in [6.07, 6.45) is 1.24. The predicted molar refractivity (Wildman–Crippen MR) is 129 cm³/mol. The number of amides is 2. The smallest absolute Gasteiger partial charge is 0.276 e. The topological polar surface area (TPSA) is 96.8 Å². The highest BCUT2D eigenvalue weighted by Gasteiger charge is 2.32. The third-order valence-corrected chi connectivity index (χ3v) is 5.92. The van der Waals surface area contributed by atoms with E-state index in [9.17, 15) is 23.2 Å². The molecule has 9 nitrogen and oxygen atoms in total. The molecule has 0 aliphatic carbocycles. The Morgan fingerprint density at radius 1 is 1.14 bits per heavy atom. The van der Waals surface area contributed by atoms with Crippen LogP contribution in [0.2, 0.25) is 5.02 Å². The lowest BCUT2D eigenvalue weighted by atomic mass is 10.1. The molecular formula is C24H22ClF2N5O4. The molecule has 1 aromatic heterocycles. The monoisotopic (exact) mass is 517 g/mol. The predicted octanol–water partition coefficient (Wildman–Crippen LogP) is 2.68. The Bertz CT molecular complexity index is 1400. The average molecular weight is 518 g/mol. The van der Waals surface area contributed by atoms with Gasteiger partial charge in [-0.15, -0.1) is 0 Å². The van der Waals surface area contributed by atoms with Crippen molar-refractivity contribution < 1.29 is 23.1 Å². The number of halogens is 3. The van der Waals surface area contributed by atoms with E-state index in [0.29, 0.717) is 16.9 Å². The fourth-order valence-electron chi connectivity index (χ4n) is 3.78. The summed E-state index contributed by atoms with van der Waals surface area (Å²) in [5.41, 5.74) is 1.31. The van der Waals surface area contributed by atoms with Gasteiger partial charge in [0.2, 0.25) is 17.7 Å². The van der Waals surface area contributed by atoms with Crippen molar-refractivity contribution in [1.29, 1.82) is 0 Å². The number of nitrogens with one attached hydrogen (secondary N) is 1. The van der Waals surface area contributed by atoms with Gasteiger partial charge in [-0.25, -0.2) is 13.8 Å². The molecule has 0 atom stereocenters. The van der Waals surface area contributed by atoms with Crippen LogP contribution in [0, 0.1) is 11.6 Å². The van der Waals surface area contributed by atoms with Gasteiger partial charge in [0.1, 0.15) is 31.2 Å². The van der Waals surface area contributed by atoms with Gasteiger partial charge in [0.05, 0.1) is 24.5 Å². The third-order valence-electron chi connectivity index (χ3n) is 5.60. The van der Waals surface area contributed by atoms with Crippen LogP contribution < -0.4 is 25.4 Å². The van der Waals surface area contributed by atoms with Crippen LogP contribution in [0.1, 0.15) is 18.1 Å². The third kappa shape index (κ3) is 5.07. The lowest BCUT2D eigenvalue weighted by Crippen LogP contribution is -2.41. The molecule has 2 amide bonds. The Morgan fingerprint density at radius 3 is 2.61 bits per heavy atom. The minimum Gasteiger partial charge on any atom is -0.471 e. The zero-order chi connectivity index (χ0) is 26.0. The first-order valence-electron chi connectivity index (χ1n) is 10.9. The van der Waals surface area contributed by atoms with Crippen molar-refractivity contribution in [3.8, 4) is 5.88 Å². The molecule has 0 fully saturated rings. The SMILES string of the molecule is CNCC(=O)N1CN(C(C)=O)c2cc(Cn3cnc(OCc4ccc(F)cc4F)c(Cl)c3=O)ccc21. The van der Waals surface area contributed by atoms with Crippen LogP contribution in [0.15, 0.2) is 47.5 Å². The van der Waals surface area contributed by atoms with E-state index < -0.39 is 17.2 Å². The lowest BCUT2D eigenvalue weighted by Gasteiger charge is -2.17. The van der Waals surface area contributed by atoms with E-state index >= 15 is 0 Å². The average Bonchev–Trinajstić information content (AvgIpc) is 3.22. The minimum absolute atomic E-state index is 0.0776. The zero-order valence-electron chi connectivity index (χ0n) is 19.4. The van der Waals surface area contributed by atoms with E-state index in [4.69, 9.17) is 16.3 Å². The van der Waals surface area contributed by atoms with Gasteiger partial charge in [-0.1, -0.05) is 17.7 Å². The van der Waals surface area contributed by atoms with E-state index in [0.717, 1.165) is 12.1 Å². The molecule has 2 heterocycles. The van der Waals surface area contributed by atoms with Gasteiger partial charge in [-0.05, 0) is 36.9 Å². The van der Waals surface area contributed by atoms with Crippen LogP contribution >= 0.6 is 11.6 Å². The number of likely N-dealkylation sites (N-methyl/N-ethyl adjacent to an activating group) is 1. The zero-order valence-corrected chi connectivity index (χ0v) is 20.2. The van der Waals surface area contributed by atoms with Crippen LogP contribution in [0.3, 0.4) is 0 Å². The second-order valence-corrected chi connectivity index (χ2v) is 8.46. The molecule has 3 aromatic rings. The first-order valence-corrected chi connectivity index (χ1v) is 11.2. The van der Waals surface area contributed by atoms with Crippen LogP contribution in [0.5, 0.6) is 5.88 Å². The molecule has 0 saturated carbocycles. The number of carbonyl (C=O) groups is 2. The Kier molecular flexibility index (Phi) is 7.32. The molecule has 4 rings (SSSR count). The van der Waals surface area contributed by atoms with E-state index in [-0.39, 0.29) is 54.6 Å². The molecule has 188 valence electrons. The molecule has 0 bridgehead atoms. The Morgan fingerprint density at radius 2 is 1.92 bits per heavy atom. The number of anilines is 2. The Balaban J connectivity index is 1.55. The van der Waals surface area contributed by atoms with Gasteiger partial charge >= 0.3 is 0 Å². The summed E-state index contributed by atoms with van der Waals surface area (Å²) in [5.74, 6) is -2.10. The van der Waals surface area contributed by atoms with E-state index in [1.165, 1.54) is 33.7 Å². The van der Waals surface area contributed by atoms with Crippen LogP contribution in [-0.2, 0) is 22.7 Å². The van der Waals surface area contributed by atoms with Crippen molar-refractivity contribution in [2.45, 2.75) is 20.1 Å². The standard InChI is InChI=1S/C24H22ClF2N5O4/c1-14(33)31-13-32(21(34)9-28-2)19-6-3-15(7-20(19)31)10-30-12-29-23(22(25)24(30)35)36-11-16-4-5-17(26)8-18(16)27/h3-8,12,28H,9-11,13H2,1-2H3. The highest BCUT2D eigenvalue weighted by molar-refractivity contribution is 6.31. The van der Waals surface area contributed by atoms with E-state index in [1.54, 1.807) is 25.2 Å². The summed E-state index contributed by atoms with van der Waals surface area (Å²) in [4.78, 5) is 44.5. The quantitative estimate of drug-likeness (QED) is 0.517. The normalized spacial score (nSPS) is 12.6. The summed E-state index contributed by atoms with van der Waals surface area (Å²) in [7, 11) is 1.66. The molecule has 0 spiro atoms. The number of hydrogen-bond acceptors (Lipinski definition) is 6. The molecule has 36 heavy (non-hydrogen) atoms. The van der Waals surface area contributed by atoms with Crippen molar-refractivity contribution in [2.24, 2.45) is 0 Å². The van der Waals surface area contributed by atoms with Gasteiger partial charge in [0.15, 0.2) is 5.02 Å². The summed E-state index contributed by atoms with van der Waals surface area (Å²) >= 11 is 6.16. The lowest BCUT2D eigenvalue weighted by molar-refractivity contribution is -0.117. The number of rotatable bonds is 7. The number of aromatic nitrogens is 2. The molecule has 1 aliphatic heterocycles. The molecule has 12 heteroatoms. The molecule has 0 saturated heterocycles. The van der Waals surface area contributed by atoms with Crippen LogP contribution in [0.4, 0.5) is 20.2 Å². The summed E-state index contributed by atoms with van der Waals surface area (Å²) in [5, 5.41) is 2.51. The first-order chi connectivity index (χ1) is 17.2. The number of hydrogen-bond donors (Lipinski definition) is 1. The maximum atomic E-state index is 13.8. The summed E-state index contributed by atoms with van der Waals surface area (Å²) < 4.78 is 33.5. The second kappa shape index (κ2) is 10.4. The molecule has 0 radical (unpaired) electrons. The maximum Gasteiger partial charge on any atom is 0.276 e. The van der Waals surface area contributed by atoms with Crippen molar-refractivity contribution in [1.82, 2.24) is 14.9 Å². The number of nitrogens with zero attached hydrogens (tertiary/aromatic N) is 4. The molecule has 2 aromatic carbocycles. The summed E-state index contributed by atoms with van der Waals surface area (Å²) in [6.45, 7) is 1.42. The molecule has 0 unspecified atom stereocenters. The number of carbonyl (C=O) groups excluding carboxylic acids is 2. The number of ether oxygens (including phenoxy) is 1. The Labute approximate surface area is 209 Å². The van der Waals surface area contributed by atoms with Crippen molar-refractivity contribution >= 4 is 34.8 Å². The largest absolute Gasteiger partial charge is 0.471 e. The van der Waals surface area contributed by atoms with Crippen LogP contribution in [-0.4, -0.2) is 41.6 Å². The highest BCUT2D eigenvalue weighted by Crippen LogP contribution is 2.37. The Hall–Kier alpha value is -3.83. The van der Waals surface area contributed by atoms with Crippen molar-refractivity contribution in [3.05, 3.63) is 80.9 Å². The fourth-order valence-corrected chi connectivity index (χ4v) is 3.99. The summed E-state index contributed by atoms with van der Waals surface area (Å²) in [6, 6.07) is 8.23. The number of fused-ring (bicyclic) bond motifs is 1. The second-order valence-electron chi connectivity index (χ2n) is 8.08. The highest BCUT2D eigenvalue weighted by atomic mass is 35.5. The van der Waals surface area contributed by atoms with Crippen molar-refractivity contribution in [3.63, 3.8) is 0 Å².